The lowest BCUT2D eigenvalue weighted by Crippen LogP contribution is -2.48. The van der Waals surface area contributed by atoms with Crippen LogP contribution in [0.25, 0.3) is 0 Å². The zero-order valence-electron chi connectivity index (χ0n) is 7.89. The average molecular weight is 170 g/mol. The van der Waals surface area contributed by atoms with Crippen molar-refractivity contribution in [3.63, 3.8) is 0 Å². The van der Waals surface area contributed by atoms with Gasteiger partial charge in [0.15, 0.2) is 0 Å². The Morgan fingerprint density at radius 2 is 2.25 bits per heavy atom. The molecule has 1 aliphatic rings. The summed E-state index contributed by atoms with van der Waals surface area (Å²) in [7, 11) is 0. The first kappa shape index (κ1) is 9.52. The number of carbonyl (C=O) groups excluding carboxylic acids is 1. The van der Waals surface area contributed by atoms with Crippen molar-refractivity contribution in [2.45, 2.75) is 45.2 Å². The van der Waals surface area contributed by atoms with Crippen LogP contribution in [0, 0.1) is 0 Å². The SMILES string of the molecule is CC(C)NC(=O)[C@H]1CCCCN1. The van der Waals surface area contributed by atoms with E-state index in [1.54, 1.807) is 0 Å². The number of piperidine rings is 1. The standard InChI is InChI=1S/C9H18N2O/c1-7(2)11-9(12)8-5-3-4-6-10-8/h7-8,10H,3-6H2,1-2H3,(H,11,12)/t8-/m1/s1. The first-order valence-electron chi connectivity index (χ1n) is 4.74. The van der Waals surface area contributed by atoms with Gasteiger partial charge < -0.3 is 10.6 Å². The second-order valence-corrected chi connectivity index (χ2v) is 3.67. The summed E-state index contributed by atoms with van der Waals surface area (Å²) in [6.45, 7) is 4.96. The van der Waals surface area contributed by atoms with Crippen molar-refractivity contribution in [3.8, 4) is 0 Å². The lowest BCUT2D eigenvalue weighted by atomic mass is 10.0. The number of nitrogens with one attached hydrogen (secondary N) is 2. The molecule has 0 aromatic carbocycles. The molecule has 1 heterocycles. The van der Waals surface area contributed by atoms with Gasteiger partial charge in [-0.2, -0.15) is 0 Å². The van der Waals surface area contributed by atoms with E-state index in [9.17, 15) is 4.79 Å². The zero-order chi connectivity index (χ0) is 8.97. The van der Waals surface area contributed by atoms with E-state index in [0.717, 1.165) is 13.0 Å². The molecule has 0 spiro atoms. The van der Waals surface area contributed by atoms with Crippen LogP contribution in [-0.4, -0.2) is 24.5 Å². The zero-order valence-corrected chi connectivity index (χ0v) is 7.89. The first-order valence-corrected chi connectivity index (χ1v) is 4.74. The molecular weight excluding hydrogens is 152 g/mol. The lowest BCUT2D eigenvalue weighted by molar-refractivity contribution is -0.124. The monoisotopic (exact) mass is 170 g/mol. The summed E-state index contributed by atoms with van der Waals surface area (Å²) in [6.07, 6.45) is 3.35. The number of carbonyl (C=O) groups is 1. The summed E-state index contributed by atoms with van der Waals surface area (Å²) in [5.41, 5.74) is 0. The Bertz CT molecular complexity index is 151. The molecule has 0 aromatic heterocycles. The molecule has 1 atom stereocenters. The van der Waals surface area contributed by atoms with Gasteiger partial charge in [0, 0.05) is 6.04 Å². The summed E-state index contributed by atoms with van der Waals surface area (Å²) in [5.74, 6) is 0.157. The van der Waals surface area contributed by atoms with E-state index in [2.05, 4.69) is 10.6 Å². The van der Waals surface area contributed by atoms with Crippen LogP contribution in [0.1, 0.15) is 33.1 Å². The van der Waals surface area contributed by atoms with Gasteiger partial charge in [0.05, 0.1) is 6.04 Å². The van der Waals surface area contributed by atoms with Gasteiger partial charge in [0.25, 0.3) is 0 Å². The fourth-order valence-corrected chi connectivity index (χ4v) is 1.46. The topological polar surface area (TPSA) is 41.1 Å². The van der Waals surface area contributed by atoms with Crippen LogP contribution in [0.3, 0.4) is 0 Å². The van der Waals surface area contributed by atoms with Crippen molar-refractivity contribution in [1.82, 2.24) is 10.6 Å². The summed E-state index contributed by atoms with van der Waals surface area (Å²) >= 11 is 0. The molecular formula is C9H18N2O. The Balaban J connectivity index is 2.30. The lowest BCUT2D eigenvalue weighted by Gasteiger charge is -2.23. The molecule has 1 saturated heterocycles. The summed E-state index contributed by atoms with van der Waals surface area (Å²) in [6, 6.07) is 0.308. The highest BCUT2D eigenvalue weighted by Gasteiger charge is 2.20. The maximum absolute atomic E-state index is 11.4. The van der Waals surface area contributed by atoms with Crippen LogP contribution in [0.15, 0.2) is 0 Å². The van der Waals surface area contributed by atoms with Crippen molar-refractivity contribution in [3.05, 3.63) is 0 Å². The van der Waals surface area contributed by atoms with E-state index in [1.807, 2.05) is 13.8 Å². The Labute approximate surface area is 73.9 Å². The van der Waals surface area contributed by atoms with Gasteiger partial charge in [0.2, 0.25) is 5.91 Å². The van der Waals surface area contributed by atoms with E-state index in [0.29, 0.717) is 0 Å². The molecule has 3 heteroatoms. The Morgan fingerprint density at radius 1 is 1.50 bits per heavy atom. The number of rotatable bonds is 2. The second-order valence-electron chi connectivity index (χ2n) is 3.67. The third kappa shape index (κ3) is 2.81. The number of hydrogen-bond acceptors (Lipinski definition) is 2. The van der Waals surface area contributed by atoms with Crippen molar-refractivity contribution in [1.29, 1.82) is 0 Å². The molecule has 1 fully saturated rings. The smallest absolute Gasteiger partial charge is 0.237 e. The minimum Gasteiger partial charge on any atom is -0.353 e. The third-order valence-electron chi connectivity index (χ3n) is 2.06. The quantitative estimate of drug-likeness (QED) is 0.639. The fraction of sp³-hybridized carbons (Fsp3) is 0.889. The number of hydrogen-bond donors (Lipinski definition) is 2. The molecule has 12 heavy (non-hydrogen) atoms. The molecule has 1 amide bonds. The van der Waals surface area contributed by atoms with Crippen molar-refractivity contribution in [2.24, 2.45) is 0 Å². The fourth-order valence-electron chi connectivity index (χ4n) is 1.46. The van der Waals surface area contributed by atoms with Crippen molar-refractivity contribution >= 4 is 5.91 Å². The predicted octanol–water partition coefficient (Wildman–Crippen LogP) is 0.653. The molecule has 0 saturated carbocycles. The first-order chi connectivity index (χ1) is 5.70. The molecule has 1 aliphatic heterocycles. The Morgan fingerprint density at radius 3 is 2.75 bits per heavy atom. The van der Waals surface area contributed by atoms with Crippen molar-refractivity contribution in [2.75, 3.05) is 6.54 Å². The van der Waals surface area contributed by atoms with Gasteiger partial charge in [-0.25, -0.2) is 0 Å². The molecule has 0 radical (unpaired) electrons. The van der Waals surface area contributed by atoms with Crippen LogP contribution in [0.2, 0.25) is 0 Å². The summed E-state index contributed by atoms with van der Waals surface area (Å²) < 4.78 is 0. The van der Waals surface area contributed by atoms with E-state index in [-0.39, 0.29) is 18.0 Å². The molecule has 2 N–H and O–H groups in total. The van der Waals surface area contributed by atoms with Gasteiger partial charge in [-0.1, -0.05) is 6.42 Å². The van der Waals surface area contributed by atoms with Gasteiger partial charge in [-0.05, 0) is 33.2 Å². The maximum Gasteiger partial charge on any atom is 0.237 e. The minimum absolute atomic E-state index is 0.0566. The molecule has 0 aromatic rings. The highest BCUT2D eigenvalue weighted by molar-refractivity contribution is 5.82. The van der Waals surface area contributed by atoms with Crippen LogP contribution in [0.5, 0.6) is 0 Å². The molecule has 1 rings (SSSR count). The second kappa shape index (κ2) is 4.45. The molecule has 0 aliphatic carbocycles. The highest BCUT2D eigenvalue weighted by atomic mass is 16.2. The van der Waals surface area contributed by atoms with Crippen LogP contribution < -0.4 is 10.6 Å². The number of amides is 1. The van der Waals surface area contributed by atoms with E-state index in [4.69, 9.17) is 0 Å². The Kier molecular flexibility index (Phi) is 3.53. The third-order valence-corrected chi connectivity index (χ3v) is 2.06. The van der Waals surface area contributed by atoms with E-state index < -0.39 is 0 Å². The van der Waals surface area contributed by atoms with Gasteiger partial charge >= 0.3 is 0 Å². The highest BCUT2D eigenvalue weighted by Crippen LogP contribution is 2.06. The van der Waals surface area contributed by atoms with Crippen LogP contribution >= 0.6 is 0 Å². The normalized spacial score (nSPS) is 24.1. The van der Waals surface area contributed by atoms with E-state index in [1.165, 1.54) is 12.8 Å². The maximum atomic E-state index is 11.4. The summed E-state index contributed by atoms with van der Waals surface area (Å²) in [5, 5.41) is 6.12. The molecule has 0 bridgehead atoms. The summed E-state index contributed by atoms with van der Waals surface area (Å²) in [4.78, 5) is 11.4. The van der Waals surface area contributed by atoms with Crippen molar-refractivity contribution < 1.29 is 4.79 Å². The minimum atomic E-state index is 0.0566. The molecule has 3 nitrogen and oxygen atoms in total. The predicted molar refractivity (Wildman–Crippen MR) is 48.9 cm³/mol. The van der Waals surface area contributed by atoms with Gasteiger partial charge in [-0.3, -0.25) is 4.79 Å². The molecule has 0 unspecified atom stereocenters. The van der Waals surface area contributed by atoms with E-state index >= 15 is 0 Å². The van der Waals surface area contributed by atoms with Crippen LogP contribution in [-0.2, 0) is 4.79 Å². The molecule has 70 valence electrons. The van der Waals surface area contributed by atoms with Crippen LogP contribution in [0.4, 0.5) is 0 Å². The average Bonchev–Trinajstić information content (AvgIpc) is 2.05. The Hall–Kier alpha value is -0.570. The largest absolute Gasteiger partial charge is 0.353 e. The van der Waals surface area contributed by atoms with Gasteiger partial charge in [-0.15, -0.1) is 0 Å². The van der Waals surface area contributed by atoms with Gasteiger partial charge in [0.1, 0.15) is 0 Å².